The van der Waals surface area contributed by atoms with Gasteiger partial charge in [0.1, 0.15) is 0 Å². The summed E-state index contributed by atoms with van der Waals surface area (Å²) < 4.78 is 5.12. The molecule has 0 radical (unpaired) electrons. The molecule has 29 heavy (non-hydrogen) atoms. The molecule has 1 aromatic carbocycles. The van der Waals surface area contributed by atoms with Gasteiger partial charge in [0.15, 0.2) is 0 Å². The molecule has 1 aliphatic rings. The number of nitrogens with zero attached hydrogens (tertiary/aromatic N) is 3. The average molecular weight is 401 g/mol. The fourth-order valence-electron chi connectivity index (χ4n) is 2.95. The molecule has 1 fully saturated rings. The van der Waals surface area contributed by atoms with Gasteiger partial charge >= 0.3 is 0 Å². The number of carbonyl (C=O) groups is 2. The van der Waals surface area contributed by atoms with Gasteiger partial charge in [-0.05, 0) is 38.1 Å². The smallest absolute Gasteiger partial charge is 0.300 e. The molecular weight excluding hydrogens is 374 g/mol. The van der Waals surface area contributed by atoms with Crippen molar-refractivity contribution >= 4 is 17.8 Å². The Kier molecular flexibility index (Phi) is 8.35. The minimum Gasteiger partial charge on any atom is -0.481 e. The zero-order chi connectivity index (χ0) is 21.2. The van der Waals surface area contributed by atoms with E-state index in [0.717, 1.165) is 32.1 Å². The molecule has 0 spiro atoms. The lowest BCUT2D eigenvalue weighted by atomic mass is 10.1. The molecule has 156 valence electrons. The minimum absolute atomic E-state index is 0.0879. The Morgan fingerprint density at radius 2 is 1.93 bits per heavy atom. The number of nitrogen functional groups attached to an aromatic ring is 1. The predicted octanol–water partition coefficient (Wildman–Crippen LogP) is 1.65. The number of aliphatic carboxylic acids is 1. The molecule has 4 N–H and O–H groups in total. The highest BCUT2D eigenvalue weighted by Crippen LogP contribution is 2.22. The Hall–Kier alpha value is -3.20. The average Bonchev–Trinajstić information content (AvgIpc) is 3.20. The van der Waals surface area contributed by atoms with Crippen LogP contribution < -0.4 is 15.8 Å². The number of aromatic nitrogens is 2. The minimum atomic E-state index is -0.833. The molecular formula is C20H27N5O4. The maximum Gasteiger partial charge on any atom is 0.300 e. The highest BCUT2D eigenvalue weighted by Gasteiger charge is 2.13. The first-order valence-corrected chi connectivity index (χ1v) is 9.38. The summed E-state index contributed by atoms with van der Waals surface area (Å²) in [6, 6.07) is 8.99. The quantitative estimate of drug-likeness (QED) is 0.666. The van der Waals surface area contributed by atoms with E-state index < -0.39 is 5.97 Å². The van der Waals surface area contributed by atoms with Gasteiger partial charge in [-0.1, -0.05) is 12.1 Å². The second-order valence-electron chi connectivity index (χ2n) is 6.56. The zero-order valence-electron chi connectivity index (χ0n) is 16.7. The Morgan fingerprint density at radius 3 is 2.59 bits per heavy atom. The van der Waals surface area contributed by atoms with Crippen molar-refractivity contribution in [3.63, 3.8) is 0 Å². The van der Waals surface area contributed by atoms with E-state index >= 15 is 0 Å². The van der Waals surface area contributed by atoms with Crippen molar-refractivity contribution in [1.82, 2.24) is 20.2 Å². The Balaban J connectivity index is 0.000000687. The van der Waals surface area contributed by atoms with Crippen molar-refractivity contribution in [1.29, 1.82) is 0 Å². The van der Waals surface area contributed by atoms with Crippen LogP contribution in [0.1, 0.15) is 30.1 Å². The molecule has 9 nitrogen and oxygen atoms in total. The number of amides is 1. The summed E-state index contributed by atoms with van der Waals surface area (Å²) >= 11 is 0. The van der Waals surface area contributed by atoms with Crippen LogP contribution in [0.15, 0.2) is 30.3 Å². The first-order chi connectivity index (χ1) is 13.9. The third kappa shape index (κ3) is 7.38. The van der Waals surface area contributed by atoms with Gasteiger partial charge in [0.25, 0.3) is 11.9 Å². The van der Waals surface area contributed by atoms with Gasteiger partial charge in [0.05, 0.1) is 12.8 Å². The number of nitrogens with two attached hydrogens (primary N) is 1. The molecule has 0 aliphatic carbocycles. The topological polar surface area (TPSA) is 131 Å². The lowest BCUT2D eigenvalue weighted by molar-refractivity contribution is -0.134. The number of likely N-dealkylation sites (tertiary alicyclic amines) is 1. The molecule has 0 saturated carbocycles. The number of benzene rings is 1. The Bertz CT molecular complexity index is 833. The molecule has 2 aromatic rings. The van der Waals surface area contributed by atoms with Crippen LogP contribution in [0.3, 0.4) is 0 Å². The molecule has 0 bridgehead atoms. The number of rotatable bonds is 6. The van der Waals surface area contributed by atoms with Crippen LogP contribution in [0.5, 0.6) is 5.88 Å². The van der Waals surface area contributed by atoms with Crippen molar-refractivity contribution in [2.45, 2.75) is 19.8 Å². The SMILES string of the molecule is CC(=O)O.COc1cc(-c2cccc(C(=O)NCCN3CCCC3)c2)nc(N)n1. The second kappa shape index (κ2) is 11.0. The molecule has 3 rings (SSSR count). The summed E-state index contributed by atoms with van der Waals surface area (Å²) in [4.78, 5) is 31.9. The largest absolute Gasteiger partial charge is 0.481 e. The maximum absolute atomic E-state index is 12.4. The van der Waals surface area contributed by atoms with Crippen LogP contribution in [0.4, 0.5) is 5.95 Å². The summed E-state index contributed by atoms with van der Waals surface area (Å²) in [5.41, 5.74) is 7.71. The lowest BCUT2D eigenvalue weighted by Gasteiger charge is -2.14. The van der Waals surface area contributed by atoms with E-state index in [-0.39, 0.29) is 11.9 Å². The van der Waals surface area contributed by atoms with Crippen LogP contribution in [0.2, 0.25) is 0 Å². The van der Waals surface area contributed by atoms with Crippen molar-refractivity contribution in [2.75, 3.05) is 39.0 Å². The normalized spacial score (nSPS) is 13.3. The van der Waals surface area contributed by atoms with Crippen LogP contribution in [-0.2, 0) is 4.79 Å². The van der Waals surface area contributed by atoms with E-state index in [0.29, 0.717) is 23.7 Å². The maximum atomic E-state index is 12.4. The number of methoxy groups -OCH3 is 1. The van der Waals surface area contributed by atoms with Gasteiger partial charge < -0.3 is 25.8 Å². The molecule has 0 unspecified atom stereocenters. The van der Waals surface area contributed by atoms with E-state index in [4.69, 9.17) is 20.4 Å². The summed E-state index contributed by atoms with van der Waals surface area (Å²) in [5, 5.41) is 10.4. The third-order valence-electron chi connectivity index (χ3n) is 4.26. The predicted molar refractivity (Wildman–Crippen MR) is 110 cm³/mol. The molecule has 1 saturated heterocycles. The van der Waals surface area contributed by atoms with Gasteiger partial charge in [-0.25, -0.2) is 4.98 Å². The summed E-state index contributed by atoms with van der Waals surface area (Å²) in [6.07, 6.45) is 2.50. The molecule has 9 heteroatoms. The van der Waals surface area contributed by atoms with Gasteiger partial charge in [-0.3, -0.25) is 9.59 Å². The van der Waals surface area contributed by atoms with Gasteiger partial charge in [-0.2, -0.15) is 4.98 Å². The lowest BCUT2D eigenvalue weighted by Crippen LogP contribution is -2.33. The number of ether oxygens (including phenoxy) is 1. The molecule has 1 amide bonds. The summed E-state index contributed by atoms with van der Waals surface area (Å²) in [5.74, 6) is -0.396. The van der Waals surface area contributed by atoms with Crippen molar-refractivity contribution in [3.8, 4) is 17.1 Å². The standard InChI is InChI=1S/C18H23N5O2.C2H4O2/c1-25-16-12-15(21-18(19)22-16)13-5-4-6-14(11-13)17(24)20-7-10-23-8-2-3-9-23;1-2(3)4/h4-6,11-12H,2-3,7-10H2,1H3,(H,20,24)(H2,19,21,22);1H3,(H,3,4). The number of anilines is 1. The van der Waals surface area contributed by atoms with Crippen molar-refractivity contribution < 1.29 is 19.4 Å². The van der Waals surface area contributed by atoms with Crippen LogP contribution in [0.25, 0.3) is 11.3 Å². The van der Waals surface area contributed by atoms with Gasteiger partial charge in [-0.15, -0.1) is 0 Å². The van der Waals surface area contributed by atoms with Crippen LogP contribution in [0, 0.1) is 0 Å². The van der Waals surface area contributed by atoms with Crippen LogP contribution in [-0.4, -0.2) is 65.1 Å². The van der Waals surface area contributed by atoms with E-state index in [1.807, 2.05) is 12.1 Å². The number of hydrogen-bond donors (Lipinski definition) is 3. The number of hydrogen-bond acceptors (Lipinski definition) is 7. The zero-order valence-corrected chi connectivity index (χ0v) is 16.7. The number of carboxylic acid groups (broad SMARTS) is 1. The second-order valence-corrected chi connectivity index (χ2v) is 6.56. The monoisotopic (exact) mass is 401 g/mol. The van der Waals surface area contributed by atoms with E-state index in [2.05, 4.69) is 20.2 Å². The fraction of sp³-hybridized carbons (Fsp3) is 0.400. The first kappa shape index (κ1) is 22.1. The number of carbonyl (C=O) groups excluding carboxylic acids is 1. The molecule has 0 atom stereocenters. The molecule has 2 heterocycles. The fourth-order valence-corrected chi connectivity index (χ4v) is 2.95. The number of carboxylic acids is 1. The molecule has 1 aromatic heterocycles. The van der Waals surface area contributed by atoms with E-state index in [1.54, 1.807) is 18.2 Å². The highest BCUT2D eigenvalue weighted by atomic mass is 16.5. The number of nitrogens with one attached hydrogen (secondary N) is 1. The van der Waals surface area contributed by atoms with Gasteiger partial charge in [0.2, 0.25) is 11.8 Å². The van der Waals surface area contributed by atoms with Crippen molar-refractivity contribution in [3.05, 3.63) is 35.9 Å². The van der Waals surface area contributed by atoms with E-state index in [9.17, 15) is 4.79 Å². The van der Waals surface area contributed by atoms with E-state index in [1.165, 1.54) is 20.0 Å². The summed E-state index contributed by atoms with van der Waals surface area (Å²) in [6.45, 7) is 4.88. The molecule has 1 aliphatic heterocycles. The van der Waals surface area contributed by atoms with Crippen LogP contribution >= 0.6 is 0 Å². The first-order valence-electron chi connectivity index (χ1n) is 9.38. The Morgan fingerprint density at radius 1 is 1.24 bits per heavy atom. The Labute approximate surface area is 169 Å². The third-order valence-corrected chi connectivity index (χ3v) is 4.26. The summed E-state index contributed by atoms with van der Waals surface area (Å²) in [7, 11) is 1.52. The highest BCUT2D eigenvalue weighted by molar-refractivity contribution is 5.95. The van der Waals surface area contributed by atoms with Gasteiger partial charge in [0, 0.05) is 37.2 Å². The van der Waals surface area contributed by atoms with Crippen molar-refractivity contribution in [2.24, 2.45) is 0 Å².